The number of benzene rings is 2. The molecule has 0 radical (unpaired) electrons. The Morgan fingerprint density at radius 3 is 2.07 bits per heavy atom. The molecule has 0 atom stereocenters. The highest BCUT2D eigenvalue weighted by Gasteiger charge is 2.11. The summed E-state index contributed by atoms with van der Waals surface area (Å²) >= 11 is 0. The van der Waals surface area contributed by atoms with E-state index in [1.165, 1.54) is 0 Å². The molecule has 7 heteroatoms. The molecule has 1 aromatic heterocycles. The predicted octanol–water partition coefficient (Wildman–Crippen LogP) is 3.26. The highest BCUT2D eigenvalue weighted by Crippen LogP contribution is 2.21. The molecular weight excluding hydrogens is 346 g/mol. The molecular formula is C20H23N3O4. The minimum atomic E-state index is 0.496. The van der Waals surface area contributed by atoms with Gasteiger partial charge in [0, 0.05) is 12.1 Å². The first-order valence-corrected chi connectivity index (χ1v) is 8.60. The van der Waals surface area contributed by atoms with E-state index in [0.29, 0.717) is 24.9 Å². The molecule has 1 heterocycles. The smallest absolute Gasteiger partial charge is 0.247 e. The number of hydrogen-bond donors (Lipinski definition) is 0. The van der Waals surface area contributed by atoms with E-state index in [4.69, 9.17) is 18.6 Å². The average Bonchev–Trinajstić information content (AvgIpc) is 3.17. The molecule has 0 N–H and O–H groups in total. The number of hydrogen-bond acceptors (Lipinski definition) is 7. The Morgan fingerprint density at radius 2 is 1.44 bits per heavy atom. The molecule has 0 aliphatic rings. The third-order valence-corrected chi connectivity index (χ3v) is 4.01. The second kappa shape index (κ2) is 9.05. The molecule has 3 rings (SSSR count). The van der Waals surface area contributed by atoms with Gasteiger partial charge in [-0.2, -0.15) is 0 Å². The van der Waals surface area contributed by atoms with Crippen LogP contribution in [-0.4, -0.2) is 49.5 Å². The minimum Gasteiger partial charge on any atom is -0.497 e. The van der Waals surface area contributed by atoms with E-state index >= 15 is 0 Å². The first-order chi connectivity index (χ1) is 13.2. The molecule has 3 aromatic rings. The maximum absolute atomic E-state index is 5.74. The van der Waals surface area contributed by atoms with Gasteiger partial charge in [0.2, 0.25) is 11.8 Å². The van der Waals surface area contributed by atoms with Crippen molar-refractivity contribution in [1.29, 1.82) is 0 Å². The molecule has 0 amide bonds. The summed E-state index contributed by atoms with van der Waals surface area (Å²) in [7, 11) is 5.26. The van der Waals surface area contributed by atoms with Crippen molar-refractivity contribution >= 4 is 0 Å². The number of rotatable bonds is 9. The van der Waals surface area contributed by atoms with E-state index in [1.807, 2.05) is 55.6 Å². The van der Waals surface area contributed by atoms with Crippen LogP contribution in [0.3, 0.4) is 0 Å². The first-order valence-electron chi connectivity index (χ1n) is 8.60. The second-order valence-electron chi connectivity index (χ2n) is 5.99. The van der Waals surface area contributed by atoms with Crippen molar-refractivity contribution in [3.8, 4) is 28.7 Å². The molecule has 0 saturated heterocycles. The molecule has 0 aliphatic carbocycles. The van der Waals surface area contributed by atoms with Crippen LogP contribution in [0.15, 0.2) is 52.9 Å². The predicted molar refractivity (Wildman–Crippen MR) is 101 cm³/mol. The quantitative estimate of drug-likeness (QED) is 0.573. The molecule has 2 aromatic carbocycles. The third-order valence-electron chi connectivity index (χ3n) is 4.01. The van der Waals surface area contributed by atoms with Crippen LogP contribution in [0.5, 0.6) is 17.2 Å². The van der Waals surface area contributed by atoms with Gasteiger partial charge in [-0.1, -0.05) is 0 Å². The lowest BCUT2D eigenvalue weighted by molar-refractivity contribution is 0.220. The topological polar surface area (TPSA) is 69.9 Å². The summed E-state index contributed by atoms with van der Waals surface area (Å²) in [6.07, 6.45) is 0. The van der Waals surface area contributed by atoms with E-state index in [0.717, 1.165) is 29.4 Å². The third kappa shape index (κ3) is 5.21. The minimum absolute atomic E-state index is 0.496. The lowest BCUT2D eigenvalue weighted by atomic mass is 10.2. The van der Waals surface area contributed by atoms with Crippen molar-refractivity contribution in [3.63, 3.8) is 0 Å². The summed E-state index contributed by atoms with van der Waals surface area (Å²) in [5.74, 6) is 3.46. The highest BCUT2D eigenvalue weighted by molar-refractivity contribution is 5.53. The maximum atomic E-state index is 5.74. The Morgan fingerprint density at radius 1 is 0.852 bits per heavy atom. The van der Waals surface area contributed by atoms with Crippen molar-refractivity contribution in [2.45, 2.75) is 6.54 Å². The zero-order valence-electron chi connectivity index (χ0n) is 15.7. The summed E-state index contributed by atoms with van der Waals surface area (Å²) in [5, 5.41) is 8.23. The fraction of sp³-hybridized carbons (Fsp3) is 0.300. The molecule has 0 unspecified atom stereocenters. The fourth-order valence-electron chi connectivity index (χ4n) is 2.47. The van der Waals surface area contributed by atoms with Gasteiger partial charge in [0.25, 0.3) is 0 Å². The van der Waals surface area contributed by atoms with E-state index in [2.05, 4.69) is 15.1 Å². The van der Waals surface area contributed by atoms with Crippen LogP contribution in [0.25, 0.3) is 11.5 Å². The number of ether oxygens (including phenoxy) is 3. The van der Waals surface area contributed by atoms with Crippen molar-refractivity contribution in [1.82, 2.24) is 15.1 Å². The van der Waals surface area contributed by atoms with E-state index < -0.39 is 0 Å². The number of methoxy groups -OCH3 is 2. The van der Waals surface area contributed by atoms with Gasteiger partial charge in [-0.25, -0.2) is 0 Å². The Balaban J connectivity index is 1.47. The van der Waals surface area contributed by atoms with Gasteiger partial charge in [0.15, 0.2) is 0 Å². The summed E-state index contributed by atoms with van der Waals surface area (Å²) < 4.78 is 21.8. The van der Waals surface area contributed by atoms with Crippen molar-refractivity contribution in [3.05, 3.63) is 54.4 Å². The molecule has 27 heavy (non-hydrogen) atoms. The zero-order chi connectivity index (χ0) is 19.1. The first kappa shape index (κ1) is 18.7. The SMILES string of the molecule is COc1ccc(OCCN(C)Cc2nnc(-c3ccc(OC)cc3)o2)cc1. The Hall–Kier alpha value is -3.06. The maximum Gasteiger partial charge on any atom is 0.247 e. The summed E-state index contributed by atoms with van der Waals surface area (Å²) in [4.78, 5) is 2.06. The summed E-state index contributed by atoms with van der Waals surface area (Å²) in [6, 6.07) is 15.0. The molecule has 0 saturated carbocycles. The summed E-state index contributed by atoms with van der Waals surface area (Å²) in [6.45, 7) is 1.84. The van der Waals surface area contributed by atoms with Gasteiger partial charge in [-0.05, 0) is 55.6 Å². The van der Waals surface area contributed by atoms with Crippen LogP contribution in [0.4, 0.5) is 0 Å². The van der Waals surface area contributed by atoms with Crippen LogP contribution in [0, 0.1) is 0 Å². The Kier molecular flexibility index (Phi) is 6.27. The lowest BCUT2D eigenvalue weighted by Gasteiger charge is -2.14. The van der Waals surface area contributed by atoms with Crippen molar-refractivity contribution in [2.24, 2.45) is 0 Å². The van der Waals surface area contributed by atoms with Gasteiger partial charge in [-0.15, -0.1) is 10.2 Å². The number of likely N-dealkylation sites (N-methyl/N-ethyl adjacent to an activating group) is 1. The van der Waals surface area contributed by atoms with Gasteiger partial charge in [0.1, 0.15) is 23.9 Å². The fourth-order valence-corrected chi connectivity index (χ4v) is 2.47. The van der Waals surface area contributed by atoms with Gasteiger partial charge in [-0.3, -0.25) is 4.90 Å². The molecule has 0 spiro atoms. The van der Waals surface area contributed by atoms with Gasteiger partial charge in [0.05, 0.1) is 20.8 Å². The van der Waals surface area contributed by atoms with Gasteiger partial charge < -0.3 is 18.6 Å². The van der Waals surface area contributed by atoms with Crippen molar-refractivity contribution in [2.75, 3.05) is 34.4 Å². The largest absolute Gasteiger partial charge is 0.497 e. The Labute approximate surface area is 158 Å². The average molecular weight is 369 g/mol. The normalized spacial score (nSPS) is 10.8. The second-order valence-corrected chi connectivity index (χ2v) is 5.99. The standard InChI is InChI=1S/C20H23N3O4/c1-23(12-13-26-18-10-8-17(25-3)9-11-18)14-19-21-22-20(27-19)15-4-6-16(24-2)7-5-15/h4-11H,12-14H2,1-3H3. The molecule has 0 fully saturated rings. The van der Waals surface area contributed by atoms with Crippen LogP contribution in [0.2, 0.25) is 0 Å². The molecule has 7 nitrogen and oxygen atoms in total. The van der Waals surface area contributed by atoms with Gasteiger partial charge >= 0.3 is 0 Å². The van der Waals surface area contributed by atoms with Crippen LogP contribution in [-0.2, 0) is 6.54 Å². The highest BCUT2D eigenvalue weighted by atomic mass is 16.5. The summed E-state index contributed by atoms with van der Waals surface area (Å²) in [5.41, 5.74) is 0.861. The van der Waals surface area contributed by atoms with E-state index in [9.17, 15) is 0 Å². The van der Waals surface area contributed by atoms with E-state index in [-0.39, 0.29) is 0 Å². The molecule has 0 aliphatic heterocycles. The van der Waals surface area contributed by atoms with Crippen LogP contribution >= 0.6 is 0 Å². The Bertz CT molecular complexity index is 831. The van der Waals surface area contributed by atoms with Crippen molar-refractivity contribution < 1.29 is 18.6 Å². The molecule has 142 valence electrons. The van der Waals surface area contributed by atoms with Crippen LogP contribution in [0.1, 0.15) is 5.89 Å². The molecule has 0 bridgehead atoms. The van der Waals surface area contributed by atoms with E-state index in [1.54, 1.807) is 14.2 Å². The lowest BCUT2D eigenvalue weighted by Crippen LogP contribution is -2.24. The van der Waals surface area contributed by atoms with Crippen LogP contribution < -0.4 is 14.2 Å². The monoisotopic (exact) mass is 369 g/mol. The zero-order valence-corrected chi connectivity index (χ0v) is 15.7. The number of aromatic nitrogens is 2. The number of nitrogens with zero attached hydrogens (tertiary/aromatic N) is 3.